The molecule has 7 nitrogen and oxygen atoms in total. The maximum atomic E-state index is 7.37. The third kappa shape index (κ3) is 10.9. The lowest BCUT2D eigenvalue weighted by Crippen LogP contribution is -2.66. The minimum Gasteiger partial charge on any atom is -0.494 e. The van der Waals surface area contributed by atoms with E-state index >= 15 is 0 Å². The van der Waals surface area contributed by atoms with E-state index in [1.165, 1.54) is 0 Å². The number of rotatable bonds is 18. The molecule has 1 saturated heterocycles. The molecule has 0 saturated carbocycles. The van der Waals surface area contributed by atoms with Gasteiger partial charge in [-0.05, 0) is 83.6 Å². The first kappa shape index (κ1) is 43.7. The quantitative estimate of drug-likeness (QED) is 0.0816. The molecule has 58 heavy (non-hydrogen) atoms. The summed E-state index contributed by atoms with van der Waals surface area (Å²) in [6.45, 7) is 15.0. The molecule has 5 aromatic carbocycles. The predicted octanol–water partition coefficient (Wildman–Crippen LogP) is 11.3. The third-order valence-corrected chi connectivity index (χ3v) is 16.2. The van der Waals surface area contributed by atoms with Crippen molar-refractivity contribution in [3.63, 3.8) is 0 Å². The summed E-state index contributed by atoms with van der Waals surface area (Å²) in [6.07, 6.45) is -2.09. The van der Waals surface area contributed by atoms with Crippen LogP contribution in [0.15, 0.2) is 133 Å². The summed E-state index contributed by atoms with van der Waals surface area (Å²) in [5.41, 5.74) is 5.84. The van der Waals surface area contributed by atoms with Crippen LogP contribution >= 0.6 is 11.6 Å². The van der Waals surface area contributed by atoms with Crippen LogP contribution in [0.4, 0.5) is 0 Å². The summed E-state index contributed by atoms with van der Waals surface area (Å²) >= 11 is 6.97. The average molecular weight is 824 g/mol. The molecule has 5 aromatic rings. The van der Waals surface area contributed by atoms with Gasteiger partial charge in [0.05, 0.1) is 33.0 Å². The van der Waals surface area contributed by atoms with Gasteiger partial charge in [-0.1, -0.05) is 142 Å². The molecular weight excluding hydrogens is 764 g/mol. The first-order valence-electron chi connectivity index (χ1n) is 20.3. The molecule has 5 atom stereocenters. The summed E-state index contributed by atoms with van der Waals surface area (Å²) < 4.78 is 47.8. The molecule has 0 unspecified atom stereocenters. The second-order valence-corrected chi connectivity index (χ2v) is 21.6. The van der Waals surface area contributed by atoms with Gasteiger partial charge in [0.2, 0.25) is 5.79 Å². The van der Waals surface area contributed by atoms with Crippen LogP contribution in [0.25, 0.3) is 0 Å². The Labute approximate surface area is 351 Å². The molecule has 1 aliphatic rings. The zero-order chi connectivity index (χ0) is 41.2. The van der Waals surface area contributed by atoms with Crippen LogP contribution in [-0.2, 0) is 60.1 Å². The maximum Gasteiger partial charge on any atom is 0.225 e. The van der Waals surface area contributed by atoms with Crippen molar-refractivity contribution in [2.24, 2.45) is 0 Å². The number of benzene rings is 5. The fourth-order valence-electron chi connectivity index (χ4n) is 7.01. The van der Waals surface area contributed by atoms with Gasteiger partial charge in [-0.25, -0.2) is 0 Å². The van der Waals surface area contributed by atoms with Gasteiger partial charge in [0.15, 0.2) is 8.32 Å². The van der Waals surface area contributed by atoms with E-state index in [9.17, 15) is 0 Å². The zero-order valence-corrected chi connectivity index (χ0v) is 36.7. The molecule has 9 heteroatoms. The van der Waals surface area contributed by atoms with Gasteiger partial charge in [0.25, 0.3) is 0 Å². The lowest BCUT2D eigenvalue weighted by Gasteiger charge is -2.52. The summed E-state index contributed by atoms with van der Waals surface area (Å²) in [5, 5.41) is 0.608. The van der Waals surface area contributed by atoms with E-state index in [-0.39, 0.29) is 18.3 Å². The minimum absolute atomic E-state index is 0.0309. The third-order valence-electron chi connectivity index (χ3n) is 11.3. The van der Waals surface area contributed by atoms with Gasteiger partial charge in [0, 0.05) is 17.7 Å². The summed E-state index contributed by atoms with van der Waals surface area (Å²) in [5.74, 6) is -0.627. The first-order valence-corrected chi connectivity index (χ1v) is 23.5. The molecule has 0 amide bonds. The van der Waals surface area contributed by atoms with Crippen molar-refractivity contribution in [3.8, 4) is 5.75 Å². The molecule has 0 N–H and O–H groups in total. The number of methoxy groups -OCH3 is 1. The standard InChI is InChI=1S/C49H59ClO7Si/c1-8-52-42-27-24-36(25-28-42)30-40-31-41(26-29-43(40)50)49(51-5)47(55-34-39-22-16-11-17-23-39)46(54-33-38-20-14-10-15-21-38)45(53-32-37-18-12-9-13-19-37)44(57-49)35-56-58(6,7)48(2,3)4/h9-29,31,44-47H,8,30,32-35H2,1-7H3/t44-,45-,46+,47-,49+/m1/s1. The van der Waals surface area contributed by atoms with Crippen molar-refractivity contribution in [1.29, 1.82) is 0 Å². The van der Waals surface area contributed by atoms with E-state index in [2.05, 4.69) is 88.5 Å². The van der Waals surface area contributed by atoms with Crippen LogP contribution < -0.4 is 4.74 Å². The number of halogens is 1. The lowest BCUT2D eigenvalue weighted by molar-refractivity contribution is -0.384. The van der Waals surface area contributed by atoms with E-state index in [1.54, 1.807) is 7.11 Å². The number of ether oxygens (including phenoxy) is 6. The summed E-state index contributed by atoms with van der Waals surface area (Å²) in [7, 11) is -0.583. The largest absolute Gasteiger partial charge is 0.494 e. The highest BCUT2D eigenvalue weighted by Gasteiger charge is 2.59. The van der Waals surface area contributed by atoms with Gasteiger partial charge in [-0.15, -0.1) is 0 Å². The molecule has 0 aromatic heterocycles. The molecule has 1 aliphatic heterocycles. The molecular formula is C49H59ClO7Si. The van der Waals surface area contributed by atoms with E-state index < -0.39 is 38.5 Å². The van der Waals surface area contributed by atoms with Crippen LogP contribution in [0.2, 0.25) is 23.2 Å². The number of hydrogen-bond acceptors (Lipinski definition) is 7. The van der Waals surface area contributed by atoms with Crippen LogP contribution in [-0.4, -0.2) is 53.1 Å². The maximum absolute atomic E-state index is 7.37. The van der Waals surface area contributed by atoms with Crippen LogP contribution in [0.1, 0.15) is 61.1 Å². The van der Waals surface area contributed by atoms with Crippen LogP contribution in [0.3, 0.4) is 0 Å². The van der Waals surface area contributed by atoms with Crippen molar-refractivity contribution < 1.29 is 32.8 Å². The Morgan fingerprint density at radius 1 is 0.672 bits per heavy atom. The van der Waals surface area contributed by atoms with Crippen LogP contribution in [0, 0.1) is 0 Å². The Hall–Kier alpha value is -3.83. The predicted molar refractivity (Wildman–Crippen MR) is 234 cm³/mol. The van der Waals surface area contributed by atoms with Gasteiger partial charge in [0.1, 0.15) is 30.2 Å². The van der Waals surface area contributed by atoms with Gasteiger partial charge in [-0.3, -0.25) is 0 Å². The van der Waals surface area contributed by atoms with Crippen LogP contribution in [0.5, 0.6) is 5.75 Å². The molecule has 1 heterocycles. The molecule has 0 radical (unpaired) electrons. The zero-order valence-electron chi connectivity index (χ0n) is 35.0. The molecule has 6 rings (SSSR count). The molecule has 1 fully saturated rings. The van der Waals surface area contributed by atoms with Gasteiger partial charge in [-0.2, -0.15) is 0 Å². The second-order valence-electron chi connectivity index (χ2n) is 16.4. The Balaban J connectivity index is 1.47. The van der Waals surface area contributed by atoms with Crippen molar-refractivity contribution in [1.82, 2.24) is 0 Å². The molecule has 308 valence electrons. The average Bonchev–Trinajstić information content (AvgIpc) is 3.23. The van der Waals surface area contributed by atoms with Crippen molar-refractivity contribution >= 4 is 19.9 Å². The Bertz CT molecular complexity index is 1990. The summed E-state index contributed by atoms with van der Waals surface area (Å²) in [4.78, 5) is 0. The lowest BCUT2D eigenvalue weighted by atomic mass is 9.86. The van der Waals surface area contributed by atoms with Crippen molar-refractivity contribution in [2.45, 2.75) is 102 Å². The van der Waals surface area contributed by atoms with E-state index in [0.29, 0.717) is 31.3 Å². The van der Waals surface area contributed by atoms with Gasteiger partial charge < -0.3 is 32.8 Å². The minimum atomic E-state index is -2.25. The van der Waals surface area contributed by atoms with E-state index in [0.717, 1.165) is 39.1 Å². The summed E-state index contributed by atoms with van der Waals surface area (Å²) in [6, 6.07) is 44.5. The fourth-order valence-corrected chi connectivity index (χ4v) is 8.21. The smallest absolute Gasteiger partial charge is 0.225 e. The first-order chi connectivity index (χ1) is 27.9. The van der Waals surface area contributed by atoms with Gasteiger partial charge >= 0.3 is 0 Å². The Morgan fingerprint density at radius 2 is 1.21 bits per heavy atom. The monoisotopic (exact) mass is 822 g/mol. The number of hydrogen-bond donors (Lipinski definition) is 0. The fraction of sp³-hybridized carbons (Fsp3) is 0.388. The van der Waals surface area contributed by atoms with Crippen molar-refractivity contribution in [2.75, 3.05) is 20.3 Å². The van der Waals surface area contributed by atoms with Crippen molar-refractivity contribution in [3.05, 3.63) is 172 Å². The SMILES string of the molecule is CCOc1ccc(Cc2cc([C@]3(OC)O[C@H](CO[Si](C)(C)C(C)(C)C)[C@@H](OCc4ccccc4)[C@H](OCc4ccccc4)[C@H]3OCc3ccccc3)ccc2Cl)cc1. The second kappa shape index (κ2) is 19.9. The van der Waals surface area contributed by atoms with E-state index in [4.69, 9.17) is 44.4 Å². The molecule has 0 aliphatic carbocycles. The van der Waals surface area contributed by atoms with E-state index in [1.807, 2.05) is 85.8 Å². The molecule has 0 spiro atoms. The highest BCUT2D eigenvalue weighted by atomic mass is 35.5. The molecule has 0 bridgehead atoms. The topological polar surface area (TPSA) is 64.6 Å². The highest BCUT2D eigenvalue weighted by Crippen LogP contribution is 2.46. The Morgan fingerprint density at radius 3 is 1.72 bits per heavy atom. The Kier molecular flexibility index (Phi) is 15.0. The normalized spacial score (nSPS) is 21.2. The highest BCUT2D eigenvalue weighted by molar-refractivity contribution is 6.74.